The zero-order chi connectivity index (χ0) is 23.3. The molecule has 4 saturated carbocycles. The van der Waals surface area contributed by atoms with Crippen LogP contribution in [0.15, 0.2) is 48.5 Å². The molecular formula is C27H34N2O3S. The van der Waals surface area contributed by atoms with Crippen molar-refractivity contribution in [2.24, 2.45) is 23.7 Å². The number of amides is 1. The van der Waals surface area contributed by atoms with Crippen LogP contribution in [0.2, 0.25) is 0 Å². The molecule has 0 radical (unpaired) electrons. The van der Waals surface area contributed by atoms with Crippen molar-refractivity contribution in [1.82, 2.24) is 0 Å². The summed E-state index contributed by atoms with van der Waals surface area (Å²) in [6.45, 7) is 3.57. The summed E-state index contributed by atoms with van der Waals surface area (Å²) in [7, 11) is -3.63. The maximum Gasteiger partial charge on any atom is 0.247 e. The second-order valence-electron chi connectivity index (χ2n) is 10.6. The molecule has 0 unspecified atom stereocenters. The molecule has 2 aromatic carbocycles. The van der Waals surface area contributed by atoms with Crippen molar-refractivity contribution in [3.8, 4) is 0 Å². The van der Waals surface area contributed by atoms with E-state index in [4.69, 9.17) is 0 Å². The van der Waals surface area contributed by atoms with Gasteiger partial charge in [-0.2, -0.15) is 0 Å². The molecule has 176 valence electrons. The first-order valence-corrected chi connectivity index (χ1v) is 14.0. The fraction of sp³-hybridized carbons (Fsp3) is 0.519. The Morgan fingerprint density at radius 3 is 1.97 bits per heavy atom. The van der Waals surface area contributed by atoms with Crippen LogP contribution in [-0.2, 0) is 14.8 Å². The van der Waals surface area contributed by atoms with Gasteiger partial charge in [0.05, 0.1) is 11.9 Å². The van der Waals surface area contributed by atoms with Gasteiger partial charge in [0.2, 0.25) is 15.9 Å². The number of aryl methyl sites for hydroxylation is 1. The van der Waals surface area contributed by atoms with Gasteiger partial charge in [0.25, 0.3) is 0 Å². The largest absolute Gasteiger partial charge is 0.324 e. The highest BCUT2D eigenvalue weighted by Gasteiger charge is 2.48. The van der Waals surface area contributed by atoms with E-state index < -0.39 is 16.1 Å². The Labute approximate surface area is 197 Å². The number of benzene rings is 2. The summed E-state index contributed by atoms with van der Waals surface area (Å²) in [6, 6.07) is 14.6. The summed E-state index contributed by atoms with van der Waals surface area (Å²) in [5.41, 5.74) is 3.62. The van der Waals surface area contributed by atoms with Crippen LogP contribution in [0, 0.1) is 30.6 Å². The Hall–Kier alpha value is -2.34. The van der Waals surface area contributed by atoms with Crippen molar-refractivity contribution >= 4 is 27.3 Å². The predicted molar refractivity (Wildman–Crippen MR) is 133 cm³/mol. The highest BCUT2D eigenvalue weighted by molar-refractivity contribution is 7.92. The minimum absolute atomic E-state index is 0.344. The van der Waals surface area contributed by atoms with Crippen LogP contribution >= 0.6 is 0 Å². The van der Waals surface area contributed by atoms with E-state index in [1.54, 1.807) is 19.1 Å². The first kappa shape index (κ1) is 22.5. The maximum atomic E-state index is 13.0. The van der Waals surface area contributed by atoms with Gasteiger partial charge in [-0.3, -0.25) is 9.10 Å². The number of nitrogens with one attached hydrogen (secondary N) is 1. The number of anilines is 2. The monoisotopic (exact) mass is 466 g/mol. The molecule has 4 aliphatic rings. The molecule has 1 N–H and O–H groups in total. The van der Waals surface area contributed by atoms with Crippen molar-refractivity contribution in [2.75, 3.05) is 15.9 Å². The molecule has 5 nitrogen and oxygen atoms in total. The molecule has 2 aromatic rings. The topological polar surface area (TPSA) is 66.5 Å². The molecule has 0 spiro atoms. The Kier molecular flexibility index (Phi) is 5.76. The van der Waals surface area contributed by atoms with Gasteiger partial charge in [-0.25, -0.2) is 8.42 Å². The third kappa shape index (κ3) is 4.42. The summed E-state index contributed by atoms with van der Waals surface area (Å²) in [5, 5.41) is 2.93. The van der Waals surface area contributed by atoms with E-state index in [2.05, 4.69) is 17.4 Å². The third-order valence-corrected chi connectivity index (χ3v) is 9.41. The van der Waals surface area contributed by atoms with Gasteiger partial charge in [0.15, 0.2) is 0 Å². The van der Waals surface area contributed by atoms with Crippen molar-refractivity contribution < 1.29 is 13.2 Å². The minimum atomic E-state index is -3.63. The number of carbonyl (C=O) groups is 1. The fourth-order valence-corrected chi connectivity index (χ4v) is 8.18. The van der Waals surface area contributed by atoms with Gasteiger partial charge in [0, 0.05) is 5.69 Å². The number of sulfonamides is 1. The number of hydrogen-bond donors (Lipinski definition) is 1. The molecule has 4 fully saturated rings. The second-order valence-corrected chi connectivity index (χ2v) is 12.5. The van der Waals surface area contributed by atoms with E-state index in [1.807, 2.05) is 31.2 Å². The van der Waals surface area contributed by atoms with E-state index in [0.29, 0.717) is 17.3 Å². The summed E-state index contributed by atoms with van der Waals surface area (Å²) in [4.78, 5) is 13.0. The number of hydrogen-bond acceptors (Lipinski definition) is 3. The van der Waals surface area contributed by atoms with Crippen LogP contribution in [0.1, 0.15) is 56.1 Å². The molecule has 0 saturated heterocycles. The van der Waals surface area contributed by atoms with E-state index >= 15 is 0 Å². The summed E-state index contributed by atoms with van der Waals surface area (Å²) < 4.78 is 26.2. The predicted octanol–water partition coefficient (Wildman–Crippen LogP) is 5.33. The van der Waals surface area contributed by atoms with E-state index in [1.165, 1.54) is 42.0 Å². The molecule has 0 aliphatic heterocycles. The van der Waals surface area contributed by atoms with E-state index in [0.717, 1.165) is 35.5 Å². The third-order valence-electron chi connectivity index (χ3n) is 8.17. The highest BCUT2D eigenvalue weighted by atomic mass is 32.2. The Balaban J connectivity index is 1.30. The molecular weight excluding hydrogens is 432 g/mol. The van der Waals surface area contributed by atoms with Crippen LogP contribution in [0.25, 0.3) is 0 Å². The summed E-state index contributed by atoms with van der Waals surface area (Å²) in [6.07, 6.45) is 8.12. The molecule has 4 bridgehead atoms. The van der Waals surface area contributed by atoms with E-state index in [-0.39, 0.29) is 5.91 Å². The van der Waals surface area contributed by atoms with Crippen molar-refractivity contribution in [1.29, 1.82) is 0 Å². The van der Waals surface area contributed by atoms with Crippen LogP contribution in [-0.4, -0.2) is 26.6 Å². The van der Waals surface area contributed by atoms with E-state index in [9.17, 15) is 13.2 Å². The average molecular weight is 467 g/mol. The molecule has 0 aromatic heterocycles. The van der Waals surface area contributed by atoms with Gasteiger partial charge in [-0.15, -0.1) is 0 Å². The van der Waals surface area contributed by atoms with Gasteiger partial charge in [-0.1, -0.05) is 29.8 Å². The van der Waals surface area contributed by atoms with Gasteiger partial charge < -0.3 is 5.32 Å². The summed E-state index contributed by atoms with van der Waals surface area (Å²) >= 11 is 0. The quantitative estimate of drug-likeness (QED) is 0.626. The minimum Gasteiger partial charge on any atom is -0.324 e. The molecule has 6 rings (SSSR count). The summed E-state index contributed by atoms with van der Waals surface area (Å²) in [5.74, 6) is 3.86. The van der Waals surface area contributed by atoms with Crippen molar-refractivity contribution in [3.05, 3.63) is 59.7 Å². The normalized spacial score (nSPS) is 29.0. The molecule has 4 aliphatic carbocycles. The molecule has 33 heavy (non-hydrogen) atoms. The van der Waals surface area contributed by atoms with Crippen LogP contribution in [0.4, 0.5) is 11.4 Å². The Morgan fingerprint density at radius 2 is 1.45 bits per heavy atom. The van der Waals surface area contributed by atoms with Crippen LogP contribution in [0.5, 0.6) is 0 Å². The Bertz CT molecular complexity index is 1100. The first-order chi connectivity index (χ1) is 15.7. The second kappa shape index (κ2) is 8.46. The lowest BCUT2D eigenvalue weighted by Crippen LogP contribution is -2.45. The SMILES string of the molecule is Cc1ccc(N([C@H](C)C(=O)Nc2ccc(C3C4CC5CC(C4)CC3C5)cc2)S(C)(=O)=O)cc1. The number of rotatable bonds is 6. The number of nitrogens with zero attached hydrogens (tertiary/aromatic N) is 1. The van der Waals surface area contributed by atoms with Crippen LogP contribution < -0.4 is 9.62 Å². The zero-order valence-electron chi connectivity index (χ0n) is 19.7. The number of carbonyl (C=O) groups excluding carboxylic acids is 1. The maximum absolute atomic E-state index is 13.0. The van der Waals surface area contributed by atoms with Gasteiger partial charge >= 0.3 is 0 Å². The fourth-order valence-electron chi connectivity index (χ4n) is 7.01. The van der Waals surface area contributed by atoms with Crippen molar-refractivity contribution in [3.63, 3.8) is 0 Å². The Morgan fingerprint density at radius 1 is 0.909 bits per heavy atom. The first-order valence-electron chi connectivity index (χ1n) is 12.2. The van der Waals surface area contributed by atoms with Gasteiger partial charge in [-0.05, 0) is 105 Å². The zero-order valence-corrected chi connectivity index (χ0v) is 20.5. The lowest BCUT2D eigenvalue weighted by Gasteiger charge is -2.54. The lowest BCUT2D eigenvalue weighted by molar-refractivity contribution is -0.116. The molecule has 0 heterocycles. The van der Waals surface area contributed by atoms with Crippen molar-refractivity contribution in [2.45, 2.75) is 57.9 Å². The lowest BCUT2D eigenvalue weighted by atomic mass is 9.51. The van der Waals surface area contributed by atoms with Gasteiger partial charge in [0.1, 0.15) is 6.04 Å². The smallest absolute Gasteiger partial charge is 0.247 e. The highest BCUT2D eigenvalue weighted by Crippen LogP contribution is 2.59. The molecule has 1 amide bonds. The molecule has 6 heteroatoms. The molecule has 1 atom stereocenters. The van der Waals surface area contributed by atoms with Crippen LogP contribution in [0.3, 0.4) is 0 Å². The average Bonchev–Trinajstić information content (AvgIpc) is 2.74. The standard InChI is InChI=1S/C27H34N2O3S/c1-17-4-10-25(11-5-17)29(33(3,31)32)18(2)27(30)28-24-8-6-21(7-9-24)26-22-13-19-12-20(15-22)16-23(26)14-19/h4-11,18-20,22-23,26H,12-16H2,1-3H3,(H,28,30)/t18-,19?,20?,22?,23?,26?/m1/s1.